The van der Waals surface area contributed by atoms with Crippen molar-refractivity contribution in [3.05, 3.63) is 90.1 Å². The van der Waals surface area contributed by atoms with Crippen molar-refractivity contribution in [1.82, 2.24) is 19.7 Å². The smallest absolute Gasteiger partial charge is 0.348 e. The second kappa shape index (κ2) is 8.08. The second-order valence-corrected chi connectivity index (χ2v) is 8.80. The molecule has 0 fully saturated rings. The number of rotatable bonds is 5. The molecule has 0 radical (unpaired) electrons. The average molecular weight is 460 g/mol. The Morgan fingerprint density at radius 3 is 2.50 bits per heavy atom. The number of hydrogen-bond acceptors (Lipinski definition) is 5. The number of imidazole rings is 1. The van der Waals surface area contributed by atoms with E-state index in [-0.39, 0.29) is 17.3 Å². The number of amides is 1. The topological polar surface area (TPSA) is 93.4 Å². The summed E-state index contributed by atoms with van der Waals surface area (Å²) in [7, 11) is -4.19. The van der Waals surface area contributed by atoms with E-state index in [4.69, 9.17) is 0 Å². The lowest BCUT2D eigenvalue weighted by Gasteiger charge is -2.10. The van der Waals surface area contributed by atoms with Crippen LogP contribution in [0.2, 0.25) is 0 Å². The van der Waals surface area contributed by atoms with Gasteiger partial charge >= 0.3 is 6.18 Å². The van der Waals surface area contributed by atoms with Crippen LogP contribution in [-0.2, 0) is 22.6 Å². The molecule has 0 saturated heterocycles. The fourth-order valence-electron chi connectivity index (χ4n) is 2.98. The van der Waals surface area contributed by atoms with Gasteiger partial charge in [-0.1, -0.05) is 12.1 Å². The lowest BCUT2D eigenvalue weighted by Crippen LogP contribution is -2.23. The van der Waals surface area contributed by atoms with Crippen LogP contribution in [0, 0.1) is 0 Å². The Morgan fingerprint density at radius 2 is 1.78 bits per heavy atom. The number of nitrogens with zero attached hydrogens (tertiary/aromatic N) is 3. The predicted molar refractivity (Wildman–Crippen MR) is 107 cm³/mol. The van der Waals surface area contributed by atoms with Crippen LogP contribution in [0.3, 0.4) is 0 Å². The number of hydrogen-bond donors (Lipinski definition) is 1. The molecule has 0 aliphatic heterocycles. The number of aromatic nitrogens is 3. The van der Waals surface area contributed by atoms with E-state index in [1.165, 1.54) is 24.3 Å². The van der Waals surface area contributed by atoms with Crippen LogP contribution in [0.1, 0.15) is 21.5 Å². The summed E-state index contributed by atoms with van der Waals surface area (Å²) in [4.78, 5) is 19.1. The van der Waals surface area contributed by atoms with Crippen LogP contribution >= 0.6 is 0 Å². The number of nitrogens with one attached hydrogen (secondary N) is 1. The highest BCUT2D eigenvalue weighted by Gasteiger charge is 2.32. The minimum absolute atomic E-state index is 0.131. The fourth-order valence-corrected chi connectivity index (χ4v) is 4.23. The molecule has 1 N–H and O–H groups in total. The monoisotopic (exact) mass is 460 g/mol. The number of benzene rings is 1. The van der Waals surface area contributed by atoms with Gasteiger partial charge in [-0.2, -0.15) is 13.2 Å². The number of alkyl halides is 3. The van der Waals surface area contributed by atoms with Crippen molar-refractivity contribution in [1.29, 1.82) is 0 Å². The zero-order valence-electron chi connectivity index (χ0n) is 16.2. The first-order valence-corrected chi connectivity index (χ1v) is 10.7. The van der Waals surface area contributed by atoms with E-state index >= 15 is 0 Å². The molecule has 1 aromatic carbocycles. The molecule has 3 aromatic heterocycles. The Bertz CT molecular complexity index is 1400. The molecule has 0 aliphatic rings. The first kappa shape index (κ1) is 21.5. The lowest BCUT2D eigenvalue weighted by atomic mass is 10.2. The maximum atomic E-state index is 12.9. The van der Waals surface area contributed by atoms with Crippen LogP contribution in [0.4, 0.5) is 13.2 Å². The molecule has 3 heterocycles. The van der Waals surface area contributed by atoms with Gasteiger partial charge in [0.2, 0.25) is 9.84 Å². The molecule has 7 nitrogen and oxygen atoms in total. The quantitative estimate of drug-likeness (QED) is 0.492. The van der Waals surface area contributed by atoms with Crippen molar-refractivity contribution in [2.24, 2.45) is 0 Å². The number of fused-ring (bicyclic) bond motifs is 1. The van der Waals surface area contributed by atoms with Gasteiger partial charge in [0, 0.05) is 37.5 Å². The summed E-state index contributed by atoms with van der Waals surface area (Å²) in [6.45, 7) is 0.131. The zero-order chi connectivity index (χ0) is 22.9. The maximum Gasteiger partial charge on any atom is 0.417 e. The van der Waals surface area contributed by atoms with E-state index in [0.29, 0.717) is 29.0 Å². The minimum Gasteiger partial charge on any atom is -0.348 e. The minimum atomic E-state index is -4.71. The molecular formula is C21H15F3N4O3S. The summed E-state index contributed by atoms with van der Waals surface area (Å²) in [5, 5.41) is 2.73. The number of pyridine rings is 2. The lowest BCUT2D eigenvalue weighted by molar-refractivity contribution is -0.138. The number of sulfone groups is 1. The molecule has 1 amide bonds. The van der Waals surface area contributed by atoms with Gasteiger partial charge < -0.3 is 9.72 Å². The summed E-state index contributed by atoms with van der Waals surface area (Å²) in [5.41, 5.74) is 0.594. The summed E-state index contributed by atoms with van der Waals surface area (Å²) in [5.74, 6) is -0.327. The highest BCUT2D eigenvalue weighted by atomic mass is 32.2. The third kappa shape index (κ3) is 4.33. The largest absolute Gasteiger partial charge is 0.417 e. The van der Waals surface area contributed by atoms with Crippen LogP contribution in [0.15, 0.2) is 83.2 Å². The number of carbonyl (C=O) groups excluding carboxylic acids is 1. The van der Waals surface area contributed by atoms with E-state index in [1.54, 1.807) is 35.1 Å². The highest BCUT2D eigenvalue weighted by molar-refractivity contribution is 7.91. The van der Waals surface area contributed by atoms with Gasteiger partial charge in [0.25, 0.3) is 5.91 Å². The van der Waals surface area contributed by atoms with E-state index in [2.05, 4.69) is 15.3 Å². The van der Waals surface area contributed by atoms with Crippen molar-refractivity contribution >= 4 is 21.4 Å². The summed E-state index contributed by atoms with van der Waals surface area (Å²) in [6.07, 6.45) is 1.69. The van der Waals surface area contributed by atoms with Gasteiger partial charge in [-0.05, 0) is 35.9 Å². The molecule has 4 rings (SSSR count). The first-order valence-electron chi connectivity index (χ1n) is 9.22. The molecule has 11 heteroatoms. The summed E-state index contributed by atoms with van der Waals surface area (Å²) in [6, 6.07) is 9.39. The molecule has 4 aromatic rings. The Kier molecular flexibility index (Phi) is 5.43. The maximum absolute atomic E-state index is 12.9. The van der Waals surface area contributed by atoms with E-state index in [1.807, 2.05) is 0 Å². The highest BCUT2D eigenvalue weighted by Crippen LogP contribution is 2.31. The van der Waals surface area contributed by atoms with Gasteiger partial charge in [0.1, 0.15) is 5.65 Å². The van der Waals surface area contributed by atoms with Crippen LogP contribution in [0.5, 0.6) is 0 Å². The van der Waals surface area contributed by atoms with Crippen molar-refractivity contribution in [3.8, 4) is 0 Å². The Labute approximate surface area is 180 Å². The predicted octanol–water partition coefficient (Wildman–Crippen LogP) is 3.51. The van der Waals surface area contributed by atoms with Gasteiger partial charge in [-0.25, -0.2) is 13.4 Å². The standard InChI is InChI=1S/C21H15F3N4O3S/c22-21(23,24)16-9-18(12-25-11-16)32(30,31)17-4-1-14(2-5-17)10-27-20(29)15-3-6-19-26-7-8-28(19)13-15/h1-9,11-13H,10H2,(H,27,29). The van der Waals surface area contributed by atoms with Gasteiger partial charge in [-0.3, -0.25) is 9.78 Å². The molecule has 0 bridgehead atoms. The summed E-state index contributed by atoms with van der Waals surface area (Å²) >= 11 is 0. The zero-order valence-corrected chi connectivity index (χ0v) is 17.1. The van der Waals surface area contributed by atoms with E-state index in [9.17, 15) is 26.4 Å². The number of carbonyl (C=O) groups is 1. The summed E-state index contributed by atoms with van der Waals surface area (Å²) < 4.78 is 65.7. The van der Waals surface area contributed by atoms with Crippen LogP contribution < -0.4 is 5.32 Å². The fraction of sp³-hybridized carbons (Fsp3) is 0.0952. The van der Waals surface area contributed by atoms with Gasteiger partial charge in [-0.15, -0.1) is 0 Å². The molecule has 0 unspecified atom stereocenters. The Morgan fingerprint density at radius 1 is 1.03 bits per heavy atom. The first-order chi connectivity index (χ1) is 15.1. The van der Waals surface area contributed by atoms with Gasteiger partial charge in [0.15, 0.2) is 0 Å². The third-order valence-corrected chi connectivity index (χ3v) is 6.43. The molecule has 164 valence electrons. The Balaban J connectivity index is 1.47. The molecular weight excluding hydrogens is 445 g/mol. The van der Waals surface area contributed by atoms with E-state index < -0.39 is 26.5 Å². The molecule has 0 atom stereocenters. The molecule has 32 heavy (non-hydrogen) atoms. The van der Waals surface area contributed by atoms with Crippen LogP contribution in [-0.4, -0.2) is 28.7 Å². The van der Waals surface area contributed by atoms with Gasteiger partial charge in [0.05, 0.1) is 20.9 Å². The second-order valence-electron chi connectivity index (χ2n) is 6.85. The van der Waals surface area contributed by atoms with E-state index in [0.717, 1.165) is 6.20 Å². The number of halogens is 3. The van der Waals surface area contributed by atoms with Crippen molar-refractivity contribution in [3.63, 3.8) is 0 Å². The average Bonchev–Trinajstić information content (AvgIpc) is 3.25. The SMILES string of the molecule is O=C(NCc1ccc(S(=O)(=O)c2cncc(C(F)(F)F)c2)cc1)c1ccc2nccn2c1. The third-order valence-electron chi connectivity index (χ3n) is 4.69. The Hall–Kier alpha value is -3.73. The molecule has 0 spiro atoms. The van der Waals surface area contributed by atoms with Crippen molar-refractivity contribution in [2.45, 2.75) is 22.5 Å². The molecule has 0 saturated carbocycles. The van der Waals surface area contributed by atoms with Crippen molar-refractivity contribution in [2.75, 3.05) is 0 Å². The van der Waals surface area contributed by atoms with Crippen LogP contribution in [0.25, 0.3) is 5.65 Å². The normalized spacial score (nSPS) is 12.1. The molecule has 0 aliphatic carbocycles. The van der Waals surface area contributed by atoms with Crippen molar-refractivity contribution < 1.29 is 26.4 Å².